The maximum absolute atomic E-state index is 13.7. The van der Waals surface area contributed by atoms with Gasteiger partial charge < -0.3 is 24.1 Å². The van der Waals surface area contributed by atoms with Gasteiger partial charge in [-0.3, -0.25) is 14.7 Å². The standard InChI is InChI=1S/C28H34N6O6S/c1-37-23-13-19-22(14-21(23)29-26-15-20(30-31-26)18-7-8-18)40-32-28(19)33-41(35,36)27-24(38-2)11-17(12-25(27)39-3)16-34-9-5-4-6-10-34/h11-15,18H,4-10,16H2,1-3H3,(H,32,33)(H2,29,30,31). The van der Waals surface area contributed by atoms with Crippen LogP contribution in [0.1, 0.15) is 49.3 Å². The zero-order valence-electron chi connectivity index (χ0n) is 23.3. The van der Waals surface area contributed by atoms with Gasteiger partial charge in [-0.15, -0.1) is 0 Å². The van der Waals surface area contributed by atoms with E-state index in [0.717, 1.165) is 50.0 Å². The van der Waals surface area contributed by atoms with E-state index in [1.54, 1.807) is 24.3 Å². The number of fused-ring (bicyclic) bond motifs is 1. The number of rotatable bonds is 11. The Morgan fingerprint density at radius 2 is 1.68 bits per heavy atom. The molecule has 1 aliphatic heterocycles. The molecule has 3 heterocycles. The molecule has 2 aromatic carbocycles. The van der Waals surface area contributed by atoms with E-state index in [9.17, 15) is 8.42 Å². The number of methoxy groups -OCH3 is 3. The molecular formula is C28H34N6O6S. The van der Waals surface area contributed by atoms with Crippen LogP contribution < -0.4 is 24.2 Å². The monoisotopic (exact) mass is 582 g/mol. The zero-order valence-corrected chi connectivity index (χ0v) is 24.1. The maximum atomic E-state index is 13.7. The van der Waals surface area contributed by atoms with Crippen molar-refractivity contribution in [2.45, 2.75) is 49.5 Å². The van der Waals surface area contributed by atoms with Gasteiger partial charge in [0.1, 0.15) is 17.2 Å². The van der Waals surface area contributed by atoms with Crippen molar-refractivity contribution in [1.29, 1.82) is 0 Å². The zero-order chi connectivity index (χ0) is 28.6. The maximum Gasteiger partial charge on any atom is 0.270 e. The molecule has 1 aliphatic carbocycles. The molecule has 2 fully saturated rings. The van der Waals surface area contributed by atoms with Gasteiger partial charge in [0.05, 0.1) is 32.4 Å². The van der Waals surface area contributed by atoms with Crippen molar-refractivity contribution in [2.75, 3.05) is 44.5 Å². The van der Waals surface area contributed by atoms with Crippen LogP contribution in [0.15, 0.2) is 39.8 Å². The highest BCUT2D eigenvalue weighted by Crippen LogP contribution is 2.41. The van der Waals surface area contributed by atoms with Gasteiger partial charge in [0.15, 0.2) is 22.1 Å². The van der Waals surface area contributed by atoms with Crippen LogP contribution in [0.4, 0.5) is 17.3 Å². The number of hydrogen-bond acceptors (Lipinski definition) is 10. The Balaban J connectivity index is 1.28. The van der Waals surface area contributed by atoms with E-state index >= 15 is 0 Å². The number of ether oxygens (including phenoxy) is 3. The predicted octanol–water partition coefficient (Wildman–Crippen LogP) is 4.98. The molecule has 1 saturated carbocycles. The lowest BCUT2D eigenvalue weighted by Gasteiger charge is -2.27. The number of nitrogens with zero attached hydrogens (tertiary/aromatic N) is 3. The summed E-state index contributed by atoms with van der Waals surface area (Å²) in [5, 5.41) is 15.1. The van der Waals surface area contributed by atoms with Crippen LogP contribution >= 0.6 is 0 Å². The van der Waals surface area contributed by atoms with Gasteiger partial charge >= 0.3 is 0 Å². The molecule has 13 heteroatoms. The Bertz CT molecular complexity index is 1630. The Morgan fingerprint density at radius 1 is 0.976 bits per heavy atom. The molecule has 0 atom stereocenters. The fourth-order valence-electron chi connectivity index (χ4n) is 5.29. The van der Waals surface area contributed by atoms with Crippen LogP contribution in [0.3, 0.4) is 0 Å². The second kappa shape index (κ2) is 11.1. The molecule has 41 heavy (non-hydrogen) atoms. The first-order valence-corrected chi connectivity index (χ1v) is 15.2. The van der Waals surface area contributed by atoms with Crippen LogP contribution in [0.2, 0.25) is 0 Å². The van der Waals surface area contributed by atoms with Gasteiger partial charge in [-0.25, -0.2) is 8.42 Å². The summed E-state index contributed by atoms with van der Waals surface area (Å²) >= 11 is 0. The number of benzene rings is 2. The van der Waals surface area contributed by atoms with E-state index in [-0.39, 0.29) is 22.2 Å². The van der Waals surface area contributed by atoms with E-state index in [4.69, 9.17) is 18.7 Å². The third-order valence-electron chi connectivity index (χ3n) is 7.54. The SMILES string of the molecule is COc1cc2c(NS(=O)(=O)c3c(OC)cc(CN4CCCCC4)cc3OC)noc2cc1Nc1cc(C2CC2)[nH]n1. The second-order valence-corrected chi connectivity index (χ2v) is 12.1. The van der Waals surface area contributed by atoms with Crippen molar-refractivity contribution in [2.24, 2.45) is 0 Å². The van der Waals surface area contributed by atoms with E-state index in [1.807, 2.05) is 6.07 Å². The summed E-state index contributed by atoms with van der Waals surface area (Å²) in [4.78, 5) is 2.23. The van der Waals surface area contributed by atoms with Crippen LogP contribution in [0, 0.1) is 0 Å². The molecule has 6 rings (SSSR count). The lowest BCUT2D eigenvalue weighted by atomic mass is 10.1. The van der Waals surface area contributed by atoms with Crippen LogP contribution in [-0.2, 0) is 16.6 Å². The lowest BCUT2D eigenvalue weighted by Crippen LogP contribution is -2.29. The highest BCUT2D eigenvalue weighted by atomic mass is 32.2. The normalized spacial score (nSPS) is 16.1. The van der Waals surface area contributed by atoms with Gasteiger partial charge in [0.25, 0.3) is 10.0 Å². The predicted molar refractivity (Wildman–Crippen MR) is 154 cm³/mol. The summed E-state index contributed by atoms with van der Waals surface area (Å²) in [6.07, 6.45) is 5.87. The quantitative estimate of drug-likeness (QED) is 0.221. The smallest absolute Gasteiger partial charge is 0.270 e. The molecule has 12 nitrogen and oxygen atoms in total. The van der Waals surface area contributed by atoms with Crippen LogP contribution in [0.5, 0.6) is 17.2 Å². The fraction of sp³-hybridized carbons (Fsp3) is 0.429. The largest absolute Gasteiger partial charge is 0.495 e. The Labute approximate surface area is 238 Å². The number of hydrogen-bond donors (Lipinski definition) is 3. The highest BCUT2D eigenvalue weighted by Gasteiger charge is 2.29. The number of likely N-dealkylation sites (tertiary alicyclic amines) is 1. The number of sulfonamides is 1. The van der Waals surface area contributed by atoms with Gasteiger partial charge in [0, 0.05) is 30.3 Å². The van der Waals surface area contributed by atoms with E-state index in [1.165, 1.54) is 27.8 Å². The Kier molecular flexibility index (Phi) is 7.39. The fourth-order valence-corrected chi connectivity index (χ4v) is 6.61. The summed E-state index contributed by atoms with van der Waals surface area (Å²) in [5.74, 6) is 2.04. The summed E-state index contributed by atoms with van der Waals surface area (Å²) in [6, 6.07) is 8.83. The molecular weight excluding hydrogens is 548 g/mol. The molecule has 0 radical (unpaired) electrons. The molecule has 1 saturated heterocycles. The number of nitrogens with one attached hydrogen (secondary N) is 3. The number of H-pyrrole nitrogens is 1. The lowest BCUT2D eigenvalue weighted by molar-refractivity contribution is 0.220. The Morgan fingerprint density at radius 3 is 2.34 bits per heavy atom. The third kappa shape index (κ3) is 5.64. The molecule has 0 amide bonds. The highest BCUT2D eigenvalue weighted by molar-refractivity contribution is 7.93. The van der Waals surface area contributed by atoms with E-state index < -0.39 is 10.0 Å². The molecule has 218 valence electrons. The molecule has 4 aromatic rings. The van der Waals surface area contributed by atoms with Crippen molar-refractivity contribution in [3.63, 3.8) is 0 Å². The minimum atomic E-state index is -4.19. The van der Waals surface area contributed by atoms with Crippen molar-refractivity contribution >= 4 is 38.3 Å². The second-order valence-electron chi connectivity index (χ2n) is 10.5. The molecule has 2 aromatic heterocycles. The first-order valence-electron chi connectivity index (χ1n) is 13.7. The molecule has 0 bridgehead atoms. The van der Waals surface area contributed by atoms with E-state index in [2.05, 4.69) is 30.3 Å². The van der Waals surface area contributed by atoms with E-state index in [0.29, 0.717) is 40.7 Å². The minimum Gasteiger partial charge on any atom is -0.495 e. The minimum absolute atomic E-state index is 0.0159. The Hall–Kier alpha value is -3.97. The third-order valence-corrected chi connectivity index (χ3v) is 8.95. The molecule has 2 aliphatic rings. The number of aromatic amines is 1. The van der Waals surface area contributed by atoms with Gasteiger partial charge in [-0.05, 0) is 62.5 Å². The first kappa shape index (κ1) is 27.2. The topological polar surface area (TPSA) is 144 Å². The molecule has 0 unspecified atom stereocenters. The van der Waals surface area contributed by atoms with Crippen LogP contribution in [0.25, 0.3) is 11.0 Å². The summed E-state index contributed by atoms with van der Waals surface area (Å²) in [7, 11) is 0.220. The number of aromatic nitrogens is 3. The van der Waals surface area contributed by atoms with Crippen LogP contribution in [-0.4, -0.2) is 63.1 Å². The van der Waals surface area contributed by atoms with Crippen molar-refractivity contribution in [1.82, 2.24) is 20.3 Å². The summed E-state index contributed by atoms with van der Waals surface area (Å²) in [6.45, 7) is 2.70. The van der Waals surface area contributed by atoms with Gasteiger partial charge in [-0.2, -0.15) is 5.10 Å². The molecule has 0 spiro atoms. The van der Waals surface area contributed by atoms with Crippen molar-refractivity contribution in [3.05, 3.63) is 41.6 Å². The van der Waals surface area contributed by atoms with Gasteiger partial charge in [0.2, 0.25) is 0 Å². The average Bonchev–Trinajstić information content (AvgIpc) is 3.61. The molecule has 3 N–H and O–H groups in total. The number of piperidine rings is 1. The van der Waals surface area contributed by atoms with Gasteiger partial charge in [-0.1, -0.05) is 11.6 Å². The summed E-state index contributed by atoms with van der Waals surface area (Å²) in [5.41, 5.74) is 2.97. The van der Waals surface area contributed by atoms with Crippen molar-refractivity contribution < 1.29 is 27.2 Å². The summed E-state index contributed by atoms with van der Waals surface area (Å²) < 4.78 is 52.2. The van der Waals surface area contributed by atoms with Crippen molar-refractivity contribution in [3.8, 4) is 17.2 Å². The first-order chi connectivity index (χ1) is 19.9. The average molecular weight is 583 g/mol. The number of anilines is 3.